The molecule has 2 aromatic rings. The minimum atomic E-state index is -0.370. The van der Waals surface area contributed by atoms with Crippen LogP contribution in [0.3, 0.4) is 0 Å². The van der Waals surface area contributed by atoms with Crippen molar-refractivity contribution in [3.63, 3.8) is 0 Å². The summed E-state index contributed by atoms with van der Waals surface area (Å²) < 4.78 is 23.4. The summed E-state index contributed by atoms with van der Waals surface area (Å²) in [6.45, 7) is 1.85. The Morgan fingerprint density at radius 3 is 2.36 bits per heavy atom. The SMILES string of the molecule is COc1ccc(OC)c([C@@H](C)NC(=O)CSCC(=O)Nc2ccc(F)cc2)c1. The van der Waals surface area contributed by atoms with Crippen LogP contribution in [0.25, 0.3) is 0 Å². The highest BCUT2D eigenvalue weighted by Gasteiger charge is 2.15. The predicted octanol–water partition coefficient (Wildman–Crippen LogP) is 3.39. The number of anilines is 1. The van der Waals surface area contributed by atoms with Crippen molar-refractivity contribution in [3.05, 3.63) is 53.8 Å². The summed E-state index contributed by atoms with van der Waals surface area (Å²) in [7, 11) is 3.14. The van der Waals surface area contributed by atoms with E-state index in [1.165, 1.54) is 36.0 Å². The van der Waals surface area contributed by atoms with E-state index in [0.29, 0.717) is 17.2 Å². The van der Waals surface area contributed by atoms with Gasteiger partial charge in [0.1, 0.15) is 17.3 Å². The summed E-state index contributed by atoms with van der Waals surface area (Å²) >= 11 is 1.19. The van der Waals surface area contributed by atoms with Crippen LogP contribution in [0.5, 0.6) is 11.5 Å². The highest BCUT2D eigenvalue weighted by Crippen LogP contribution is 2.29. The van der Waals surface area contributed by atoms with Crippen LogP contribution in [0.1, 0.15) is 18.5 Å². The molecule has 0 bridgehead atoms. The molecule has 0 aromatic heterocycles. The summed E-state index contributed by atoms with van der Waals surface area (Å²) in [4.78, 5) is 24.1. The van der Waals surface area contributed by atoms with Crippen molar-refractivity contribution in [1.82, 2.24) is 5.32 Å². The van der Waals surface area contributed by atoms with Gasteiger partial charge in [-0.2, -0.15) is 0 Å². The standard InChI is InChI=1S/C20H23FN2O4S/c1-13(17-10-16(26-2)8-9-18(17)27-3)22-19(24)11-28-12-20(25)23-15-6-4-14(21)5-7-15/h4-10,13H,11-12H2,1-3H3,(H,22,24)(H,23,25)/t13-/m1/s1. The van der Waals surface area contributed by atoms with Crippen molar-refractivity contribution in [3.8, 4) is 11.5 Å². The molecule has 0 fully saturated rings. The summed E-state index contributed by atoms with van der Waals surface area (Å²) in [5, 5.41) is 5.53. The van der Waals surface area contributed by atoms with Crippen molar-refractivity contribution in [1.29, 1.82) is 0 Å². The molecule has 2 N–H and O–H groups in total. The van der Waals surface area contributed by atoms with Gasteiger partial charge in [-0.05, 0) is 49.4 Å². The second-order valence-electron chi connectivity index (χ2n) is 5.94. The predicted molar refractivity (Wildman–Crippen MR) is 108 cm³/mol. The Bertz CT molecular complexity index is 814. The molecule has 0 heterocycles. The Balaban J connectivity index is 1.80. The third-order valence-corrected chi connectivity index (χ3v) is 4.81. The van der Waals surface area contributed by atoms with E-state index in [-0.39, 0.29) is 35.2 Å². The second kappa shape index (κ2) is 10.6. The van der Waals surface area contributed by atoms with Crippen LogP contribution in [0.15, 0.2) is 42.5 Å². The fourth-order valence-electron chi connectivity index (χ4n) is 2.51. The molecule has 0 spiro atoms. The maximum Gasteiger partial charge on any atom is 0.234 e. The quantitative estimate of drug-likeness (QED) is 0.668. The number of halogens is 1. The van der Waals surface area contributed by atoms with Gasteiger partial charge in [0, 0.05) is 11.3 Å². The van der Waals surface area contributed by atoms with E-state index in [1.54, 1.807) is 26.4 Å². The van der Waals surface area contributed by atoms with Crippen LogP contribution >= 0.6 is 11.8 Å². The first-order valence-electron chi connectivity index (χ1n) is 8.57. The molecule has 6 nitrogen and oxygen atoms in total. The Labute approximate surface area is 167 Å². The Morgan fingerprint density at radius 2 is 1.71 bits per heavy atom. The molecule has 28 heavy (non-hydrogen) atoms. The van der Waals surface area contributed by atoms with Gasteiger partial charge < -0.3 is 20.1 Å². The Kier molecular flexibility index (Phi) is 8.13. The molecular weight excluding hydrogens is 383 g/mol. The van der Waals surface area contributed by atoms with Crippen LogP contribution in [0.4, 0.5) is 10.1 Å². The average molecular weight is 406 g/mol. The lowest BCUT2D eigenvalue weighted by molar-refractivity contribution is -0.119. The monoisotopic (exact) mass is 406 g/mol. The average Bonchev–Trinajstić information content (AvgIpc) is 2.69. The number of thioether (sulfide) groups is 1. The van der Waals surface area contributed by atoms with Crippen LogP contribution in [0.2, 0.25) is 0 Å². The molecule has 0 unspecified atom stereocenters. The number of carbonyl (C=O) groups excluding carboxylic acids is 2. The number of rotatable bonds is 9. The first-order chi connectivity index (χ1) is 13.4. The van der Waals surface area contributed by atoms with Gasteiger partial charge in [0.15, 0.2) is 0 Å². The van der Waals surface area contributed by atoms with E-state index in [4.69, 9.17) is 9.47 Å². The smallest absolute Gasteiger partial charge is 0.234 e. The number of benzene rings is 2. The number of carbonyl (C=O) groups is 2. The molecule has 0 aliphatic rings. The number of amides is 2. The van der Waals surface area contributed by atoms with Gasteiger partial charge in [0.25, 0.3) is 0 Å². The largest absolute Gasteiger partial charge is 0.497 e. The summed E-state index contributed by atoms with van der Waals surface area (Å²) in [5.41, 5.74) is 1.31. The van der Waals surface area contributed by atoms with Crippen molar-refractivity contribution in [2.45, 2.75) is 13.0 Å². The van der Waals surface area contributed by atoms with E-state index < -0.39 is 0 Å². The molecule has 1 atom stereocenters. The fourth-order valence-corrected chi connectivity index (χ4v) is 3.13. The third-order valence-electron chi connectivity index (χ3n) is 3.88. The first-order valence-corrected chi connectivity index (χ1v) is 9.73. The van der Waals surface area contributed by atoms with Crippen LogP contribution < -0.4 is 20.1 Å². The maximum absolute atomic E-state index is 12.9. The van der Waals surface area contributed by atoms with E-state index in [9.17, 15) is 14.0 Å². The van der Waals surface area contributed by atoms with E-state index in [1.807, 2.05) is 13.0 Å². The molecule has 8 heteroatoms. The molecule has 0 aliphatic carbocycles. The van der Waals surface area contributed by atoms with Gasteiger partial charge in [-0.3, -0.25) is 9.59 Å². The van der Waals surface area contributed by atoms with Gasteiger partial charge in [0.2, 0.25) is 11.8 Å². The number of hydrogen-bond donors (Lipinski definition) is 2. The van der Waals surface area contributed by atoms with Crippen molar-refractivity contribution in [2.24, 2.45) is 0 Å². The minimum absolute atomic E-state index is 0.113. The van der Waals surface area contributed by atoms with Crippen molar-refractivity contribution >= 4 is 29.3 Å². The van der Waals surface area contributed by atoms with Crippen LogP contribution in [-0.2, 0) is 9.59 Å². The Hall–Kier alpha value is -2.74. The van der Waals surface area contributed by atoms with Gasteiger partial charge in [0.05, 0.1) is 31.8 Å². The molecule has 0 saturated carbocycles. The fraction of sp³-hybridized carbons (Fsp3) is 0.300. The number of hydrogen-bond acceptors (Lipinski definition) is 5. The topological polar surface area (TPSA) is 76.7 Å². The van der Waals surface area contributed by atoms with Gasteiger partial charge in [-0.25, -0.2) is 4.39 Å². The zero-order valence-corrected chi connectivity index (χ0v) is 16.8. The third kappa shape index (κ3) is 6.45. The van der Waals surface area contributed by atoms with Crippen LogP contribution in [-0.4, -0.2) is 37.5 Å². The number of nitrogens with one attached hydrogen (secondary N) is 2. The maximum atomic E-state index is 12.9. The molecule has 0 radical (unpaired) electrons. The highest BCUT2D eigenvalue weighted by molar-refractivity contribution is 8.00. The molecule has 0 aliphatic heterocycles. The van der Waals surface area contributed by atoms with E-state index >= 15 is 0 Å². The zero-order chi connectivity index (χ0) is 20.5. The van der Waals surface area contributed by atoms with Crippen molar-refractivity contribution < 1.29 is 23.5 Å². The summed E-state index contributed by atoms with van der Waals surface area (Å²) in [5.74, 6) is 0.744. The molecule has 150 valence electrons. The number of ether oxygens (including phenoxy) is 2. The molecular formula is C20H23FN2O4S. The molecule has 2 amide bonds. The summed E-state index contributed by atoms with van der Waals surface area (Å²) in [6, 6.07) is 10.6. The Morgan fingerprint density at radius 1 is 1.04 bits per heavy atom. The van der Waals surface area contributed by atoms with Gasteiger partial charge >= 0.3 is 0 Å². The number of methoxy groups -OCH3 is 2. The normalized spacial score (nSPS) is 11.4. The second-order valence-corrected chi connectivity index (χ2v) is 6.93. The van der Waals surface area contributed by atoms with Crippen molar-refractivity contribution in [2.75, 3.05) is 31.0 Å². The lowest BCUT2D eigenvalue weighted by atomic mass is 10.1. The van der Waals surface area contributed by atoms with E-state index in [0.717, 1.165) is 5.56 Å². The molecule has 0 saturated heterocycles. The lowest BCUT2D eigenvalue weighted by Gasteiger charge is -2.18. The van der Waals surface area contributed by atoms with Gasteiger partial charge in [-0.1, -0.05) is 0 Å². The minimum Gasteiger partial charge on any atom is -0.497 e. The first kappa shape index (κ1) is 21.6. The van der Waals surface area contributed by atoms with E-state index in [2.05, 4.69) is 10.6 Å². The molecule has 2 rings (SSSR count). The summed E-state index contributed by atoms with van der Waals surface area (Å²) in [6.07, 6.45) is 0. The van der Waals surface area contributed by atoms with Gasteiger partial charge in [-0.15, -0.1) is 11.8 Å². The highest BCUT2D eigenvalue weighted by atomic mass is 32.2. The molecule has 2 aromatic carbocycles. The zero-order valence-electron chi connectivity index (χ0n) is 16.0. The van der Waals surface area contributed by atoms with Crippen LogP contribution in [0, 0.1) is 5.82 Å². The lowest BCUT2D eigenvalue weighted by Crippen LogP contribution is -2.29.